The van der Waals surface area contributed by atoms with E-state index < -0.39 is 6.04 Å². The van der Waals surface area contributed by atoms with Crippen molar-refractivity contribution in [3.05, 3.63) is 63.0 Å². The zero-order valence-electron chi connectivity index (χ0n) is 14.1. The van der Waals surface area contributed by atoms with Crippen LogP contribution in [0.15, 0.2) is 36.7 Å². The summed E-state index contributed by atoms with van der Waals surface area (Å²) in [5, 5.41) is 12.7. The quantitative estimate of drug-likeness (QED) is 0.666. The van der Waals surface area contributed by atoms with E-state index in [0.29, 0.717) is 27.3 Å². The molecule has 0 saturated heterocycles. The van der Waals surface area contributed by atoms with Crippen LogP contribution in [0.25, 0.3) is 0 Å². The first-order chi connectivity index (χ1) is 12.4. The molecule has 0 aliphatic rings. The van der Waals surface area contributed by atoms with Crippen molar-refractivity contribution in [1.29, 1.82) is 0 Å². The van der Waals surface area contributed by atoms with Crippen LogP contribution in [0.2, 0.25) is 15.1 Å². The van der Waals surface area contributed by atoms with E-state index in [9.17, 15) is 4.79 Å². The van der Waals surface area contributed by atoms with Gasteiger partial charge < -0.3 is 5.32 Å². The average molecular weight is 413 g/mol. The van der Waals surface area contributed by atoms with Crippen molar-refractivity contribution in [2.75, 3.05) is 5.32 Å². The van der Waals surface area contributed by atoms with Gasteiger partial charge in [-0.15, -0.1) is 0 Å². The number of anilines is 1. The Morgan fingerprint density at radius 1 is 1.19 bits per heavy atom. The van der Waals surface area contributed by atoms with E-state index in [-0.39, 0.29) is 11.7 Å². The molecule has 0 radical (unpaired) electrons. The topological polar surface area (TPSA) is 64.7 Å². The number of amides is 1. The molecule has 0 saturated carbocycles. The number of carbonyl (C=O) groups is 1. The van der Waals surface area contributed by atoms with Crippen LogP contribution in [0.1, 0.15) is 24.2 Å². The summed E-state index contributed by atoms with van der Waals surface area (Å²) in [7, 11) is 0. The van der Waals surface area contributed by atoms with Gasteiger partial charge in [-0.1, -0.05) is 53.0 Å². The fraction of sp³-hybridized carbons (Fsp3) is 0.235. The maximum Gasteiger partial charge on any atom is 0.250 e. The Morgan fingerprint density at radius 3 is 2.58 bits per heavy atom. The van der Waals surface area contributed by atoms with Gasteiger partial charge in [0.05, 0.1) is 23.5 Å². The molecular formula is C17H16Cl3N5O. The molecule has 0 bridgehead atoms. The predicted octanol–water partition coefficient (Wildman–Crippen LogP) is 4.60. The molecule has 26 heavy (non-hydrogen) atoms. The van der Waals surface area contributed by atoms with Gasteiger partial charge in [0.15, 0.2) is 5.82 Å². The van der Waals surface area contributed by atoms with E-state index in [2.05, 4.69) is 15.5 Å². The van der Waals surface area contributed by atoms with Crippen LogP contribution >= 0.6 is 34.8 Å². The van der Waals surface area contributed by atoms with Crippen molar-refractivity contribution in [3.63, 3.8) is 0 Å². The fourth-order valence-corrected chi connectivity index (χ4v) is 3.01. The second-order valence-electron chi connectivity index (χ2n) is 5.80. The number of hydrogen-bond acceptors (Lipinski definition) is 3. The van der Waals surface area contributed by atoms with E-state index in [4.69, 9.17) is 34.8 Å². The zero-order valence-corrected chi connectivity index (χ0v) is 16.3. The lowest BCUT2D eigenvalue weighted by Crippen LogP contribution is -2.25. The lowest BCUT2D eigenvalue weighted by Gasteiger charge is -2.13. The summed E-state index contributed by atoms with van der Waals surface area (Å²) < 4.78 is 3.17. The monoisotopic (exact) mass is 411 g/mol. The second-order valence-corrected chi connectivity index (χ2v) is 7.02. The molecule has 1 amide bonds. The summed E-state index contributed by atoms with van der Waals surface area (Å²) in [6, 6.07) is 6.91. The van der Waals surface area contributed by atoms with Crippen LogP contribution < -0.4 is 5.32 Å². The number of nitrogens with one attached hydrogen (secondary N) is 1. The molecule has 1 N–H and O–H groups in total. The largest absolute Gasteiger partial charge is 0.306 e. The Kier molecular flexibility index (Phi) is 5.55. The van der Waals surface area contributed by atoms with Gasteiger partial charge in [-0.25, -0.2) is 0 Å². The fourth-order valence-electron chi connectivity index (χ4n) is 2.49. The van der Waals surface area contributed by atoms with Crippen LogP contribution in [-0.4, -0.2) is 25.5 Å². The Morgan fingerprint density at radius 2 is 1.92 bits per heavy atom. The first-order valence-electron chi connectivity index (χ1n) is 7.83. The molecular weight excluding hydrogens is 397 g/mol. The molecule has 1 aromatic carbocycles. The van der Waals surface area contributed by atoms with Crippen LogP contribution in [0.4, 0.5) is 5.82 Å². The van der Waals surface area contributed by atoms with Crippen LogP contribution in [0, 0.1) is 6.92 Å². The molecule has 0 aliphatic heterocycles. The minimum atomic E-state index is -0.563. The van der Waals surface area contributed by atoms with Crippen molar-refractivity contribution in [1.82, 2.24) is 19.6 Å². The Labute approximate surface area is 165 Å². The first kappa shape index (κ1) is 18.8. The predicted molar refractivity (Wildman–Crippen MR) is 103 cm³/mol. The van der Waals surface area contributed by atoms with Gasteiger partial charge >= 0.3 is 0 Å². The number of carbonyl (C=O) groups excluding carboxylic acids is 1. The smallest absolute Gasteiger partial charge is 0.250 e. The normalized spacial score (nSPS) is 12.2. The summed E-state index contributed by atoms with van der Waals surface area (Å²) in [5.74, 6) is -0.00997. The Hall–Kier alpha value is -2.02. The van der Waals surface area contributed by atoms with Crippen LogP contribution in [0.5, 0.6) is 0 Å². The van der Waals surface area contributed by atoms with Crippen molar-refractivity contribution < 1.29 is 4.79 Å². The lowest BCUT2D eigenvalue weighted by molar-refractivity contribution is -0.119. The third-order valence-corrected chi connectivity index (χ3v) is 5.00. The molecule has 3 aromatic rings. The highest BCUT2D eigenvalue weighted by atomic mass is 35.5. The van der Waals surface area contributed by atoms with Gasteiger partial charge in [0.1, 0.15) is 11.1 Å². The molecule has 6 nitrogen and oxygen atoms in total. The molecule has 1 unspecified atom stereocenters. The number of rotatable bonds is 5. The standard InChI is InChI=1S/C17H16Cl3N5O/c1-10-14(19)7-21-25(10)11(2)17(26)22-16-15(20)9-24(23-16)8-12-5-3-4-6-13(12)18/h3-7,9,11H,8H2,1-2H3,(H,22,23,26). The number of benzene rings is 1. The van der Waals surface area contributed by atoms with Crippen molar-refractivity contribution in [2.45, 2.75) is 26.4 Å². The third-order valence-electron chi connectivity index (χ3n) is 3.98. The molecule has 1 atom stereocenters. The van der Waals surface area contributed by atoms with Crippen molar-refractivity contribution in [3.8, 4) is 0 Å². The number of hydrogen-bond donors (Lipinski definition) is 1. The Balaban J connectivity index is 1.74. The molecule has 0 spiro atoms. The molecule has 0 aliphatic carbocycles. The third kappa shape index (κ3) is 3.87. The highest BCUT2D eigenvalue weighted by Gasteiger charge is 2.21. The second kappa shape index (κ2) is 7.70. The van der Waals surface area contributed by atoms with Crippen LogP contribution in [0.3, 0.4) is 0 Å². The molecule has 2 heterocycles. The van der Waals surface area contributed by atoms with E-state index in [0.717, 1.165) is 5.56 Å². The van der Waals surface area contributed by atoms with Crippen molar-refractivity contribution >= 4 is 46.5 Å². The van der Waals surface area contributed by atoms with E-state index in [1.165, 1.54) is 6.20 Å². The minimum Gasteiger partial charge on any atom is -0.306 e. The Bertz CT molecular complexity index is 950. The maximum absolute atomic E-state index is 12.5. The van der Waals surface area contributed by atoms with Crippen LogP contribution in [-0.2, 0) is 11.3 Å². The van der Waals surface area contributed by atoms with Gasteiger partial charge in [-0.05, 0) is 25.5 Å². The maximum atomic E-state index is 12.5. The molecule has 9 heteroatoms. The highest BCUT2D eigenvalue weighted by molar-refractivity contribution is 6.33. The first-order valence-corrected chi connectivity index (χ1v) is 8.97. The number of aromatic nitrogens is 4. The van der Waals surface area contributed by atoms with Crippen molar-refractivity contribution in [2.24, 2.45) is 0 Å². The molecule has 2 aromatic heterocycles. The van der Waals surface area contributed by atoms with E-state index >= 15 is 0 Å². The summed E-state index contributed by atoms with van der Waals surface area (Å²) in [6.45, 7) is 3.96. The SMILES string of the molecule is Cc1c(Cl)cnn1C(C)C(=O)Nc1nn(Cc2ccccc2Cl)cc1Cl. The summed E-state index contributed by atoms with van der Waals surface area (Å²) in [5.41, 5.74) is 1.62. The van der Waals surface area contributed by atoms with Gasteiger partial charge in [-0.2, -0.15) is 10.2 Å². The summed E-state index contributed by atoms with van der Waals surface area (Å²) >= 11 is 18.4. The molecule has 136 valence electrons. The number of halogens is 3. The lowest BCUT2D eigenvalue weighted by atomic mass is 10.2. The zero-order chi connectivity index (χ0) is 18.8. The number of nitrogens with zero attached hydrogens (tertiary/aromatic N) is 4. The van der Waals surface area contributed by atoms with E-state index in [1.54, 1.807) is 29.4 Å². The van der Waals surface area contributed by atoms with E-state index in [1.807, 2.05) is 24.3 Å². The average Bonchev–Trinajstić information content (AvgIpc) is 3.12. The van der Waals surface area contributed by atoms with Gasteiger partial charge in [0.25, 0.3) is 0 Å². The minimum absolute atomic E-state index is 0.284. The highest BCUT2D eigenvalue weighted by Crippen LogP contribution is 2.24. The summed E-state index contributed by atoms with van der Waals surface area (Å²) in [6.07, 6.45) is 3.15. The molecule has 3 rings (SSSR count). The van der Waals surface area contributed by atoms with Gasteiger partial charge in [0, 0.05) is 11.2 Å². The van der Waals surface area contributed by atoms with Gasteiger partial charge in [-0.3, -0.25) is 14.2 Å². The summed E-state index contributed by atoms with van der Waals surface area (Å²) in [4.78, 5) is 12.5. The van der Waals surface area contributed by atoms with Gasteiger partial charge in [0.2, 0.25) is 5.91 Å². The molecule has 0 fully saturated rings.